The molecule has 0 aliphatic carbocycles. The van der Waals surface area contributed by atoms with Crippen LogP contribution in [0.1, 0.15) is 0 Å². The fraction of sp³-hybridized carbons (Fsp3) is 0.182. The highest BCUT2D eigenvalue weighted by atomic mass is 35.5. The summed E-state index contributed by atoms with van der Waals surface area (Å²) in [5.74, 6) is -1.25. The predicted octanol–water partition coefficient (Wildman–Crippen LogP) is 2.31. The predicted molar refractivity (Wildman–Crippen MR) is 60.0 cm³/mol. The summed E-state index contributed by atoms with van der Waals surface area (Å²) in [7, 11) is 0. The molecule has 1 aromatic rings. The first-order valence-electron chi connectivity index (χ1n) is 4.88. The highest BCUT2D eigenvalue weighted by Gasteiger charge is 2.17. The second-order valence-electron chi connectivity index (χ2n) is 3.26. The number of carbonyl (C=O) groups is 1. The molecule has 1 aliphatic heterocycles. The Hall–Kier alpha value is -1.75. The van der Waals surface area contributed by atoms with Crippen LogP contribution in [-0.4, -0.2) is 19.1 Å². The standard InChI is InChI=1S/C11H9ClFNO3/c12-7-2-1-3-8(10(7)13)14-11(15)9-6-16-4-5-17-9/h1-3,6H,4-5H2,(H,14,15). The summed E-state index contributed by atoms with van der Waals surface area (Å²) in [6, 6.07) is 4.34. The average molecular weight is 258 g/mol. The van der Waals surface area contributed by atoms with Gasteiger partial charge in [-0.05, 0) is 12.1 Å². The molecule has 90 valence electrons. The summed E-state index contributed by atoms with van der Waals surface area (Å²) in [6.45, 7) is 0.680. The number of nitrogens with one attached hydrogen (secondary N) is 1. The maximum absolute atomic E-state index is 13.5. The monoisotopic (exact) mass is 257 g/mol. The summed E-state index contributed by atoms with van der Waals surface area (Å²) in [6.07, 6.45) is 1.20. The minimum absolute atomic E-state index is 0.00225. The molecule has 0 aromatic heterocycles. The Morgan fingerprint density at radius 2 is 2.24 bits per heavy atom. The van der Waals surface area contributed by atoms with E-state index in [0.717, 1.165) is 0 Å². The summed E-state index contributed by atoms with van der Waals surface area (Å²) < 4.78 is 23.5. The zero-order valence-electron chi connectivity index (χ0n) is 8.70. The first-order chi connectivity index (χ1) is 8.18. The molecule has 0 saturated heterocycles. The molecule has 1 aromatic carbocycles. The van der Waals surface area contributed by atoms with Gasteiger partial charge in [-0.15, -0.1) is 0 Å². The van der Waals surface area contributed by atoms with Crippen molar-refractivity contribution >= 4 is 23.2 Å². The second kappa shape index (κ2) is 5.05. The van der Waals surface area contributed by atoms with Gasteiger partial charge in [-0.1, -0.05) is 17.7 Å². The van der Waals surface area contributed by atoms with Crippen molar-refractivity contribution in [1.29, 1.82) is 0 Å². The molecule has 6 heteroatoms. The number of hydrogen-bond donors (Lipinski definition) is 1. The number of benzene rings is 1. The van der Waals surface area contributed by atoms with Crippen molar-refractivity contribution in [2.24, 2.45) is 0 Å². The number of hydrogen-bond acceptors (Lipinski definition) is 3. The van der Waals surface area contributed by atoms with E-state index < -0.39 is 11.7 Å². The van der Waals surface area contributed by atoms with E-state index >= 15 is 0 Å². The first kappa shape index (κ1) is 11.7. The molecular formula is C11H9ClFNO3. The van der Waals surface area contributed by atoms with Crippen molar-refractivity contribution in [3.63, 3.8) is 0 Å². The normalized spacial score (nSPS) is 14.4. The summed E-state index contributed by atoms with van der Waals surface area (Å²) >= 11 is 5.59. The third-order valence-corrected chi connectivity index (χ3v) is 2.36. The molecule has 1 heterocycles. The Labute approximate surface area is 102 Å². The lowest BCUT2D eigenvalue weighted by atomic mass is 10.3. The van der Waals surface area contributed by atoms with Crippen LogP contribution in [0.5, 0.6) is 0 Å². The smallest absolute Gasteiger partial charge is 0.294 e. The Kier molecular flexibility index (Phi) is 3.49. The van der Waals surface area contributed by atoms with Crippen molar-refractivity contribution in [3.8, 4) is 0 Å². The van der Waals surface area contributed by atoms with Gasteiger partial charge in [0.05, 0.1) is 10.7 Å². The van der Waals surface area contributed by atoms with Crippen LogP contribution in [-0.2, 0) is 14.3 Å². The zero-order chi connectivity index (χ0) is 12.3. The van der Waals surface area contributed by atoms with E-state index in [1.165, 1.54) is 24.5 Å². The number of anilines is 1. The summed E-state index contributed by atoms with van der Waals surface area (Å²) in [5.41, 5.74) is -0.00225. The van der Waals surface area contributed by atoms with Gasteiger partial charge in [-0.25, -0.2) is 4.39 Å². The van der Waals surface area contributed by atoms with Crippen molar-refractivity contribution in [2.75, 3.05) is 18.5 Å². The molecule has 1 amide bonds. The fourth-order valence-corrected chi connectivity index (χ4v) is 1.45. The van der Waals surface area contributed by atoms with Crippen LogP contribution >= 0.6 is 11.6 Å². The van der Waals surface area contributed by atoms with Gasteiger partial charge < -0.3 is 14.8 Å². The molecule has 0 saturated carbocycles. The van der Waals surface area contributed by atoms with E-state index in [-0.39, 0.29) is 23.1 Å². The Morgan fingerprint density at radius 3 is 2.94 bits per heavy atom. The molecule has 0 atom stereocenters. The van der Waals surface area contributed by atoms with Crippen LogP contribution in [0.3, 0.4) is 0 Å². The van der Waals surface area contributed by atoms with Gasteiger partial charge in [0, 0.05) is 0 Å². The van der Waals surface area contributed by atoms with Crippen molar-refractivity contribution in [1.82, 2.24) is 0 Å². The minimum Gasteiger partial charge on any atom is -0.494 e. The van der Waals surface area contributed by atoms with Gasteiger partial charge in [0.1, 0.15) is 19.5 Å². The molecule has 1 aliphatic rings. The SMILES string of the molecule is O=C(Nc1cccc(Cl)c1F)C1=COCCO1. The van der Waals surface area contributed by atoms with Gasteiger partial charge in [-0.3, -0.25) is 4.79 Å². The Bertz CT molecular complexity index is 476. The van der Waals surface area contributed by atoms with Crippen molar-refractivity contribution < 1.29 is 18.7 Å². The summed E-state index contributed by atoms with van der Waals surface area (Å²) in [5, 5.41) is 2.29. The maximum atomic E-state index is 13.5. The average Bonchev–Trinajstić information content (AvgIpc) is 2.36. The molecule has 0 radical (unpaired) electrons. The van der Waals surface area contributed by atoms with E-state index in [0.29, 0.717) is 6.61 Å². The molecule has 0 fully saturated rings. The molecular weight excluding hydrogens is 249 g/mol. The number of halogens is 2. The maximum Gasteiger partial charge on any atom is 0.294 e. The number of rotatable bonds is 2. The molecule has 1 N–H and O–H groups in total. The zero-order valence-corrected chi connectivity index (χ0v) is 9.46. The van der Waals surface area contributed by atoms with Crippen LogP contribution in [0, 0.1) is 5.82 Å². The summed E-state index contributed by atoms with van der Waals surface area (Å²) in [4.78, 5) is 11.6. The lowest BCUT2D eigenvalue weighted by Gasteiger charge is -2.15. The quantitative estimate of drug-likeness (QED) is 0.884. The van der Waals surface area contributed by atoms with Crippen LogP contribution in [0.2, 0.25) is 5.02 Å². The Balaban J connectivity index is 2.13. The lowest BCUT2D eigenvalue weighted by Crippen LogP contribution is -2.21. The highest BCUT2D eigenvalue weighted by molar-refractivity contribution is 6.31. The van der Waals surface area contributed by atoms with E-state index in [1.807, 2.05) is 0 Å². The molecule has 17 heavy (non-hydrogen) atoms. The fourth-order valence-electron chi connectivity index (χ4n) is 1.27. The van der Waals surface area contributed by atoms with Crippen LogP contribution in [0.4, 0.5) is 10.1 Å². The minimum atomic E-state index is -0.681. The molecule has 4 nitrogen and oxygen atoms in total. The third kappa shape index (κ3) is 2.68. The molecule has 0 spiro atoms. The Morgan fingerprint density at radius 1 is 1.41 bits per heavy atom. The molecule has 0 bridgehead atoms. The topological polar surface area (TPSA) is 47.6 Å². The molecule has 0 unspecified atom stereocenters. The largest absolute Gasteiger partial charge is 0.494 e. The van der Waals surface area contributed by atoms with Crippen LogP contribution in [0.25, 0.3) is 0 Å². The molecule has 2 rings (SSSR count). The van der Waals surface area contributed by atoms with E-state index in [2.05, 4.69) is 5.32 Å². The number of ether oxygens (including phenoxy) is 2. The number of carbonyl (C=O) groups excluding carboxylic acids is 1. The van der Waals surface area contributed by atoms with Gasteiger partial charge in [0.15, 0.2) is 5.82 Å². The highest BCUT2D eigenvalue weighted by Crippen LogP contribution is 2.22. The van der Waals surface area contributed by atoms with E-state index in [1.54, 1.807) is 0 Å². The second-order valence-corrected chi connectivity index (χ2v) is 3.66. The van der Waals surface area contributed by atoms with E-state index in [4.69, 9.17) is 21.1 Å². The first-order valence-corrected chi connectivity index (χ1v) is 5.26. The van der Waals surface area contributed by atoms with Crippen molar-refractivity contribution in [2.45, 2.75) is 0 Å². The van der Waals surface area contributed by atoms with Crippen molar-refractivity contribution in [3.05, 3.63) is 41.1 Å². The van der Waals surface area contributed by atoms with Crippen LogP contribution < -0.4 is 5.32 Å². The van der Waals surface area contributed by atoms with Gasteiger partial charge >= 0.3 is 0 Å². The third-order valence-electron chi connectivity index (χ3n) is 2.07. The van der Waals surface area contributed by atoms with Gasteiger partial charge in [0.25, 0.3) is 5.91 Å². The van der Waals surface area contributed by atoms with E-state index in [9.17, 15) is 9.18 Å². The van der Waals surface area contributed by atoms with Crippen LogP contribution in [0.15, 0.2) is 30.2 Å². The lowest BCUT2D eigenvalue weighted by molar-refractivity contribution is -0.117. The van der Waals surface area contributed by atoms with Gasteiger partial charge in [0.2, 0.25) is 5.76 Å². The number of amides is 1. The van der Waals surface area contributed by atoms with Gasteiger partial charge in [-0.2, -0.15) is 0 Å².